The Kier molecular flexibility index (Phi) is 3.59. The highest BCUT2D eigenvalue weighted by Gasteiger charge is 2.22. The summed E-state index contributed by atoms with van der Waals surface area (Å²) in [7, 11) is 1.75. The van der Waals surface area contributed by atoms with E-state index >= 15 is 0 Å². The first-order chi connectivity index (χ1) is 8.56. The second-order valence-electron chi connectivity index (χ2n) is 4.65. The van der Waals surface area contributed by atoms with Crippen molar-refractivity contribution in [1.82, 2.24) is 19.9 Å². The van der Waals surface area contributed by atoms with Gasteiger partial charge < -0.3 is 10.0 Å². The van der Waals surface area contributed by atoms with Gasteiger partial charge in [0, 0.05) is 13.6 Å². The predicted octanol–water partition coefficient (Wildman–Crippen LogP) is 0.235. The van der Waals surface area contributed by atoms with Gasteiger partial charge in [0.1, 0.15) is 6.54 Å². The van der Waals surface area contributed by atoms with Gasteiger partial charge in [-0.05, 0) is 12.3 Å². The van der Waals surface area contributed by atoms with Gasteiger partial charge in [0.05, 0.1) is 6.20 Å². The van der Waals surface area contributed by atoms with Crippen molar-refractivity contribution >= 4 is 11.9 Å². The lowest BCUT2D eigenvalue weighted by atomic mass is 10.3. The van der Waals surface area contributed by atoms with Gasteiger partial charge in [0.15, 0.2) is 5.69 Å². The molecule has 1 saturated carbocycles. The fourth-order valence-electron chi connectivity index (χ4n) is 1.64. The molecule has 1 N–H and O–H groups in total. The maximum Gasteiger partial charge on any atom is 0.358 e. The van der Waals surface area contributed by atoms with Crippen molar-refractivity contribution in [3.63, 3.8) is 0 Å². The van der Waals surface area contributed by atoms with Gasteiger partial charge in [0.25, 0.3) is 0 Å². The standard InChI is InChI=1S/C11H16N4O3/c1-14(5-4-8-2-3-8)10(16)7-15-6-9(11(17)18)12-13-15/h6,8H,2-5,7H2,1H3,(H,17,18). The van der Waals surface area contributed by atoms with Gasteiger partial charge in [0.2, 0.25) is 5.91 Å². The third kappa shape index (κ3) is 3.28. The van der Waals surface area contributed by atoms with E-state index in [1.807, 2.05) is 0 Å². The van der Waals surface area contributed by atoms with Crippen LogP contribution in [0.4, 0.5) is 0 Å². The Bertz CT molecular complexity index is 453. The number of hydrogen-bond donors (Lipinski definition) is 1. The second kappa shape index (κ2) is 5.16. The minimum atomic E-state index is -1.14. The topological polar surface area (TPSA) is 88.3 Å². The highest BCUT2D eigenvalue weighted by atomic mass is 16.4. The lowest BCUT2D eigenvalue weighted by Crippen LogP contribution is -2.31. The van der Waals surface area contributed by atoms with Gasteiger partial charge in [-0.25, -0.2) is 9.48 Å². The summed E-state index contributed by atoms with van der Waals surface area (Å²) in [5.41, 5.74) is -0.150. The molecule has 1 aliphatic carbocycles. The molecule has 0 atom stereocenters. The largest absolute Gasteiger partial charge is 0.476 e. The molecule has 0 unspecified atom stereocenters. The predicted molar refractivity (Wildman–Crippen MR) is 62.0 cm³/mol. The third-order valence-corrected chi connectivity index (χ3v) is 3.05. The summed E-state index contributed by atoms with van der Waals surface area (Å²) >= 11 is 0. The van der Waals surface area contributed by atoms with E-state index in [1.54, 1.807) is 11.9 Å². The smallest absolute Gasteiger partial charge is 0.358 e. The van der Waals surface area contributed by atoms with E-state index in [9.17, 15) is 9.59 Å². The third-order valence-electron chi connectivity index (χ3n) is 3.05. The van der Waals surface area contributed by atoms with Crippen LogP contribution in [0.15, 0.2) is 6.20 Å². The van der Waals surface area contributed by atoms with Crippen LogP contribution < -0.4 is 0 Å². The molecule has 0 spiro atoms. The van der Waals surface area contributed by atoms with E-state index in [0.29, 0.717) is 0 Å². The summed E-state index contributed by atoms with van der Waals surface area (Å²) in [6, 6.07) is 0. The average molecular weight is 252 g/mol. The van der Waals surface area contributed by atoms with E-state index < -0.39 is 5.97 Å². The number of aromatic nitrogens is 3. The number of rotatable bonds is 6. The number of hydrogen-bond acceptors (Lipinski definition) is 4. The number of amides is 1. The van der Waals surface area contributed by atoms with Crippen LogP contribution in [0.1, 0.15) is 29.8 Å². The van der Waals surface area contributed by atoms with Crippen molar-refractivity contribution in [3.8, 4) is 0 Å². The van der Waals surface area contributed by atoms with Crippen LogP contribution in [0.25, 0.3) is 0 Å². The Morgan fingerprint density at radius 3 is 2.83 bits per heavy atom. The van der Waals surface area contributed by atoms with Crippen LogP contribution in [0.3, 0.4) is 0 Å². The Balaban J connectivity index is 1.82. The van der Waals surface area contributed by atoms with Crippen LogP contribution in [0, 0.1) is 5.92 Å². The molecule has 1 aromatic heterocycles. The van der Waals surface area contributed by atoms with E-state index in [-0.39, 0.29) is 18.1 Å². The SMILES string of the molecule is CN(CCC1CC1)C(=O)Cn1cc(C(=O)O)nn1. The number of carbonyl (C=O) groups is 2. The first kappa shape index (κ1) is 12.5. The zero-order valence-corrected chi connectivity index (χ0v) is 10.2. The van der Waals surface area contributed by atoms with Crippen LogP contribution in [0.2, 0.25) is 0 Å². The minimum Gasteiger partial charge on any atom is -0.476 e. The quantitative estimate of drug-likeness (QED) is 0.783. The lowest BCUT2D eigenvalue weighted by Gasteiger charge is -2.16. The van der Waals surface area contributed by atoms with Gasteiger partial charge >= 0.3 is 5.97 Å². The zero-order chi connectivity index (χ0) is 13.1. The van der Waals surface area contributed by atoms with Gasteiger partial charge in [-0.1, -0.05) is 18.1 Å². The number of aromatic carboxylic acids is 1. The van der Waals surface area contributed by atoms with Gasteiger partial charge in [-0.2, -0.15) is 0 Å². The van der Waals surface area contributed by atoms with E-state index in [2.05, 4.69) is 10.3 Å². The first-order valence-electron chi connectivity index (χ1n) is 5.93. The summed E-state index contributed by atoms with van der Waals surface area (Å²) in [4.78, 5) is 24.1. The van der Waals surface area contributed by atoms with Crippen molar-refractivity contribution in [1.29, 1.82) is 0 Å². The molecule has 2 rings (SSSR count). The van der Waals surface area contributed by atoms with Gasteiger partial charge in [-0.3, -0.25) is 4.79 Å². The molecule has 1 heterocycles. The molecule has 0 bridgehead atoms. The highest BCUT2D eigenvalue weighted by Crippen LogP contribution is 2.32. The number of carboxylic acids is 1. The van der Waals surface area contributed by atoms with E-state index in [4.69, 9.17) is 5.11 Å². The van der Waals surface area contributed by atoms with Gasteiger partial charge in [-0.15, -0.1) is 5.10 Å². The molecule has 1 aromatic rings. The summed E-state index contributed by atoms with van der Waals surface area (Å²) in [6.45, 7) is 0.769. The van der Waals surface area contributed by atoms with Crippen LogP contribution in [0.5, 0.6) is 0 Å². The highest BCUT2D eigenvalue weighted by molar-refractivity contribution is 5.84. The molecule has 0 aliphatic heterocycles. The second-order valence-corrected chi connectivity index (χ2v) is 4.65. The molecule has 1 fully saturated rings. The molecule has 7 nitrogen and oxygen atoms in total. The van der Waals surface area contributed by atoms with Crippen molar-refractivity contribution in [2.45, 2.75) is 25.8 Å². The molecule has 7 heteroatoms. The van der Waals surface area contributed by atoms with Crippen molar-refractivity contribution in [2.24, 2.45) is 5.92 Å². The monoisotopic (exact) mass is 252 g/mol. The number of nitrogens with zero attached hydrogens (tertiary/aromatic N) is 4. The molecule has 0 radical (unpaired) electrons. The Morgan fingerprint density at radius 2 is 2.28 bits per heavy atom. The lowest BCUT2D eigenvalue weighted by molar-refractivity contribution is -0.130. The summed E-state index contributed by atoms with van der Waals surface area (Å²) in [5, 5.41) is 15.7. The molecular formula is C11H16N4O3. The summed E-state index contributed by atoms with van der Waals surface area (Å²) < 4.78 is 1.25. The van der Waals surface area contributed by atoms with Crippen molar-refractivity contribution < 1.29 is 14.7 Å². The molecular weight excluding hydrogens is 236 g/mol. The molecule has 1 amide bonds. The summed E-state index contributed by atoms with van der Waals surface area (Å²) in [5.74, 6) is -0.446. The van der Waals surface area contributed by atoms with Crippen LogP contribution >= 0.6 is 0 Å². The van der Waals surface area contributed by atoms with Crippen LogP contribution in [-0.2, 0) is 11.3 Å². The van der Waals surface area contributed by atoms with E-state index in [1.165, 1.54) is 23.7 Å². The fraction of sp³-hybridized carbons (Fsp3) is 0.636. The zero-order valence-electron chi connectivity index (χ0n) is 10.2. The Labute approximate surface area is 104 Å². The number of carboxylic acid groups (broad SMARTS) is 1. The van der Waals surface area contributed by atoms with E-state index in [0.717, 1.165) is 18.9 Å². The van der Waals surface area contributed by atoms with Crippen molar-refractivity contribution in [2.75, 3.05) is 13.6 Å². The fourth-order valence-corrected chi connectivity index (χ4v) is 1.64. The average Bonchev–Trinajstić information content (AvgIpc) is 3.04. The molecule has 1 aliphatic rings. The molecule has 18 heavy (non-hydrogen) atoms. The number of carbonyl (C=O) groups excluding carboxylic acids is 1. The normalized spacial score (nSPS) is 14.5. The van der Waals surface area contributed by atoms with Crippen LogP contribution in [-0.4, -0.2) is 50.5 Å². The molecule has 0 saturated heterocycles. The maximum atomic E-state index is 11.8. The minimum absolute atomic E-state index is 0.0292. The number of likely N-dealkylation sites (N-methyl/N-ethyl adjacent to an activating group) is 1. The molecule has 0 aromatic carbocycles. The van der Waals surface area contributed by atoms with Crippen molar-refractivity contribution in [3.05, 3.63) is 11.9 Å². The Morgan fingerprint density at radius 1 is 1.56 bits per heavy atom. The Hall–Kier alpha value is -1.92. The summed E-state index contributed by atoms with van der Waals surface area (Å²) in [6.07, 6.45) is 4.84. The molecule has 98 valence electrons. The maximum absolute atomic E-state index is 11.8. The first-order valence-corrected chi connectivity index (χ1v) is 5.93.